The van der Waals surface area contributed by atoms with Gasteiger partial charge in [0.15, 0.2) is 0 Å². The lowest BCUT2D eigenvalue weighted by molar-refractivity contribution is -0.123. The molecule has 0 rings (SSSR count). The molecule has 0 bridgehead atoms. The molecule has 0 radical (unpaired) electrons. The van der Waals surface area contributed by atoms with Crippen LogP contribution < -0.4 is 11.1 Å². The first kappa shape index (κ1) is 17.4. The molecular formula is C13H29N3O2. The number of ether oxygens (including phenoxy) is 1. The maximum atomic E-state index is 11.3. The Morgan fingerprint density at radius 3 is 2.56 bits per heavy atom. The Balaban J connectivity index is 3.88. The minimum Gasteiger partial charge on any atom is -0.383 e. The second-order valence-corrected chi connectivity index (χ2v) is 5.19. The Hall–Kier alpha value is -0.650. The molecule has 0 aromatic rings. The van der Waals surface area contributed by atoms with Crippen LogP contribution in [0.5, 0.6) is 0 Å². The third-order valence-electron chi connectivity index (χ3n) is 3.69. The van der Waals surface area contributed by atoms with E-state index in [1.165, 1.54) is 0 Å². The predicted octanol–water partition coefficient (Wildman–Crippen LogP) is 0.587. The number of carbonyl (C=O) groups is 1. The van der Waals surface area contributed by atoms with Crippen molar-refractivity contribution in [2.24, 2.45) is 5.73 Å². The molecule has 0 heterocycles. The average molecular weight is 259 g/mol. The predicted molar refractivity (Wildman–Crippen MR) is 74.5 cm³/mol. The molecule has 0 aliphatic carbocycles. The van der Waals surface area contributed by atoms with Gasteiger partial charge in [0.2, 0.25) is 5.91 Å². The molecule has 18 heavy (non-hydrogen) atoms. The number of amides is 1. The Kier molecular flexibility index (Phi) is 8.15. The molecule has 5 nitrogen and oxygen atoms in total. The molecule has 0 aliphatic rings. The van der Waals surface area contributed by atoms with E-state index < -0.39 is 5.54 Å². The monoisotopic (exact) mass is 259 g/mol. The third kappa shape index (κ3) is 5.80. The van der Waals surface area contributed by atoms with E-state index in [4.69, 9.17) is 10.5 Å². The molecule has 5 heteroatoms. The summed E-state index contributed by atoms with van der Waals surface area (Å²) in [5.41, 5.74) is 4.80. The average Bonchev–Trinajstić information content (AvgIpc) is 2.33. The highest BCUT2D eigenvalue weighted by molar-refractivity contribution is 5.84. The second-order valence-electron chi connectivity index (χ2n) is 5.19. The fourth-order valence-corrected chi connectivity index (χ4v) is 1.80. The summed E-state index contributed by atoms with van der Waals surface area (Å²) in [4.78, 5) is 13.6. The number of nitrogens with two attached hydrogens (primary N) is 1. The molecule has 1 amide bonds. The van der Waals surface area contributed by atoms with Crippen molar-refractivity contribution in [2.45, 2.75) is 44.7 Å². The summed E-state index contributed by atoms with van der Waals surface area (Å²) in [5, 5.41) is 3.00. The van der Waals surface area contributed by atoms with Gasteiger partial charge in [0.25, 0.3) is 0 Å². The van der Waals surface area contributed by atoms with Gasteiger partial charge in [-0.15, -0.1) is 0 Å². The molecule has 0 aliphatic heterocycles. The molecular weight excluding hydrogens is 230 g/mol. The number of carbonyl (C=O) groups excluding carboxylic acids is 1. The molecule has 0 saturated carbocycles. The summed E-state index contributed by atoms with van der Waals surface area (Å²) in [5.74, 6) is -0.286. The van der Waals surface area contributed by atoms with Gasteiger partial charge in [-0.2, -0.15) is 0 Å². The summed E-state index contributed by atoms with van der Waals surface area (Å²) >= 11 is 0. The van der Waals surface area contributed by atoms with Gasteiger partial charge in [-0.3, -0.25) is 4.79 Å². The molecule has 0 spiro atoms. The van der Waals surface area contributed by atoms with Crippen LogP contribution in [0.2, 0.25) is 0 Å². The SMILES string of the molecule is CNC(C)(CCCCN(C)C(C)COC)C(N)=O. The number of likely N-dealkylation sites (N-methyl/N-ethyl adjacent to an activating group) is 2. The smallest absolute Gasteiger partial charge is 0.237 e. The van der Waals surface area contributed by atoms with E-state index in [9.17, 15) is 4.79 Å². The van der Waals surface area contributed by atoms with E-state index in [0.717, 1.165) is 32.4 Å². The van der Waals surface area contributed by atoms with E-state index in [2.05, 4.69) is 24.2 Å². The molecule has 2 unspecified atom stereocenters. The van der Waals surface area contributed by atoms with E-state index in [1.54, 1.807) is 14.2 Å². The number of methoxy groups -OCH3 is 1. The number of nitrogens with one attached hydrogen (secondary N) is 1. The highest BCUT2D eigenvalue weighted by atomic mass is 16.5. The fourth-order valence-electron chi connectivity index (χ4n) is 1.80. The van der Waals surface area contributed by atoms with Gasteiger partial charge < -0.3 is 20.7 Å². The minimum atomic E-state index is -0.587. The van der Waals surface area contributed by atoms with Crippen molar-refractivity contribution in [3.05, 3.63) is 0 Å². The lowest BCUT2D eigenvalue weighted by Crippen LogP contribution is -2.51. The minimum absolute atomic E-state index is 0.286. The van der Waals surface area contributed by atoms with Crippen molar-refractivity contribution in [1.29, 1.82) is 0 Å². The van der Waals surface area contributed by atoms with Crippen molar-refractivity contribution >= 4 is 5.91 Å². The maximum absolute atomic E-state index is 11.3. The molecule has 0 aromatic carbocycles. The molecule has 2 atom stereocenters. The molecule has 0 fully saturated rings. The summed E-state index contributed by atoms with van der Waals surface area (Å²) in [7, 11) is 5.59. The number of primary amides is 1. The van der Waals surface area contributed by atoms with Gasteiger partial charge in [-0.1, -0.05) is 0 Å². The van der Waals surface area contributed by atoms with Crippen LogP contribution in [0.15, 0.2) is 0 Å². The van der Waals surface area contributed by atoms with E-state index in [1.807, 2.05) is 6.92 Å². The molecule has 108 valence electrons. The maximum Gasteiger partial charge on any atom is 0.237 e. The quantitative estimate of drug-likeness (QED) is 0.563. The number of nitrogens with zero attached hydrogens (tertiary/aromatic N) is 1. The largest absolute Gasteiger partial charge is 0.383 e. The first-order valence-corrected chi connectivity index (χ1v) is 6.55. The normalized spacial score (nSPS) is 16.6. The Morgan fingerprint density at radius 2 is 2.11 bits per heavy atom. The van der Waals surface area contributed by atoms with Crippen molar-refractivity contribution in [1.82, 2.24) is 10.2 Å². The lowest BCUT2D eigenvalue weighted by atomic mass is 9.94. The van der Waals surface area contributed by atoms with Crippen molar-refractivity contribution in [3.63, 3.8) is 0 Å². The van der Waals surface area contributed by atoms with Crippen LogP contribution in [0, 0.1) is 0 Å². The van der Waals surface area contributed by atoms with E-state index >= 15 is 0 Å². The number of hydrogen-bond acceptors (Lipinski definition) is 4. The standard InChI is InChI=1S/C13H29N3O2/c1-11(10-18-5)16(4)9-7-6-8-13(2,15-3)12(14)17/h11,15H,6-10H2,1-5H3,(H2,14,17). The zero-order valence-corrected chi connectivity index (χ0v) is 12.5. The van der Waals surface area contributed by atoms with Crippen LogP contribution >= 0.6 is 0 Å². The summed E-state index contributed by atoms with van der Waals surface area (Å²) in [6, 6.07) is 0.418. The second kappa shape index (κ2) is 8.45. The summed E-state index contributed by atoms with van der Waals surface area (Å²) in [6.45, 7) is 5.74. The van der Waals surface area contributed by atoms with Gasteiger partial charge >= 0.3 is 0 Å². The Bertz CT molecular complexity index is 248. The van der Waals surface area contributed by atoms with Crippen molar-refractivity contribution in [2.75, 3.05) is 34.4 Å². The van der Waals surface area contributed by atoms with Gasteiger partial charge in [-0.05, 0) is 53.8 Å². The number of rotatable bonds is 10. The van der Waals surface area contributed by atoms with Gasteiger partial charge in [0, 0.05) is 13.2 Å². The van der Waals surface area contributed by atoms with E-state index in [-0.39, 0.29) is 5.91 Å². The van der Waals surface area contributed by atoms with Crippen molar-refractivity contribution < 1.29 is 9.53 Å². The van der Waals surface area contributed by atoms with Crippen LogP contribution in [-0.4, -0.2) is 56.7 Å². The van der Waals surface area contributed by atoms with E-state index in [0.29, 0.717) is 6.04 Å². The summed E-state index contributed by atoms with van der Waals surface area (Å²) in [6.07, 6.45) is 2.80. The summed E-state index contributed by atoms with van der Waals surface area (Å²) < 4.78 is 5.12. The van der Waals surface area contributed by atoms with Crippen LogP contribution in [0.4, 0.5) is 0 Å². The third-order valence-corrected chi connectivity index (χ3v) is 3.69. The zero-order valence-electron chi connectivity index (χ0n) is 12.5. The molecule has 0 saturated heterocycles. The highest BCUT2D eigenvalue weighted by Crippen LogP contribution is 2.13. The van der Waals surface area contributed by atoms with Gasteiger partial charge in [-0.25, -0.2) is 0 Å². The van der Waals surface area contributed by atoms with Crippen LogP contribution in [0.1, 0.15) is 33.1 Å². The van der Waals surface area contributed by atoms with Crippen LogP contribution in [-0.2, 0) is 9.53 Å². The first-order chi connectivity index (χ1) is 8.37. The van der Waals surface area contributed by atoms with Crippen molar-refractivity contribution in [3.8, 4) is 0 Å². The Labute approximate surface area is 111 Å². The lowest BCUT2D eigenvalue weighted by Gasteiger charge is -2.27. The van der Waals surface area contributed by atoms with Gasteiger partial charge in [0.1, 0.15) is 0 Å². The topological polar surface area (TPSA) is 67.6 Å². The number of unbranched alkanes of at least 4 members (excludes halogenated alkanes) is 1. The number of hydrogen-bond donors (Lipinski definition) is 2. The first-order valence-electron chi connectivity index (χ1n) is 6.55. The zero-order chi connectivity index (χ0) is 14.2. The Morgan fingerprint density at radius 1 is 1.50 bits per heavy atom. The molecule has 0 aromatic heterocycles. The van der Waals surface area contributed by atoms with Crippen LogP contribution in [0.25, 0.3) is 0 Å². The fraction of sp³-hybridized carbons (Fsp3) is 0.923. The van der Waals surface area contributed by atoms with Gasteiger partial charge in [0.05, 0.1) is 12.1 Å². The highest BCUT2D eigenvalue weighted by Gasteiger charge is 2.27. The molecule has 3 N–H and O–H groups in total. The van der Waals surface area contributed by atoms with Crippen LogP contribution in [0.3, 0.4) is 0 Å².